The lowest BCUT2D eigenvalue weighted by molar-refractivity contribution is 0.103. The van der Waals surface area contributed by atoms with Crippen molar-refractivity contribution in [2.75, 3.05) is 11.9 Å². The van der Waals surface area contributed by atoms with Gasteiger partial charge in [-0.05, 0) is 56.1 Å². The first-order valence-electron chi connectivity index (χ1n) is 8.98. The standard InChI is InChI=1S/C20H21FN4OS/c1-13-4-5-14(21)9-16(13)24-20(26)19-7-6-18(27-19)17-3-2-8-25(17)11-15-10-22-12-23-15/h4-7,9-10,12,17H,2-3,8,11H2,1H3,(H,22,23)(H,24,26). The van der Waals surface area contributed by atoms with E-state index in [1.807, 2.05) is 25.3 Å². The van der Waals surface area contributed by atoms with Crippen LogP contribution in [0.1, 0.15) is 44.7 Å². The Kier molecular flexibility index (Phi) is 5.05. The summed E-state index contributed by atoms with van der Waals surface area (Å²) in [5, 5.41) is 2.82. The molecule has 1 unspecified atom stereocenters. The van der Waals surface area contributed by atoms with Gasteiger partial charge in [0, 0.05) is 35.0 Å². The molecular weight excluding hydrogens is 363 g/mol. The van der Waals surface area contributed by atoms with Crippen molar-refractivity contribution in [1.82, 2.24) is 14.9 Å². The monoisotopic (exact) mass is 384 g/mol. The third kappa shape index (κ3) is 3.94. The number of aromatic amines is 1. The van der Waals surface area contributed by atoms with E-state index in [1.165, 1.54) is 28.3 Å². The summed E-state index contributed by atoms with van der Waals surface area (Å²) in [5.41, 5.74) is 2.44. The number of nitrogens with one attached hydrogen (secondary N) is 2. The zero-order chi connectivity index (χ0) is 18.8. The van der Waals surface area contributed by atoms with Gasteiger partial charge in [0.2, 0.25) is 0 Å². The van der Waals surface area contributed by atoms with Crippen LogP contribution < -0.4 is 5.32 Å². The molecule has 5 nitrogen and oxygen atoms in total. The van der Waals surface area contributed by atoms with Crippen molar-refractivity contribution in [3.8, 4) is 0 Å². The number of benzene rings is 1. The summed E-state index contributed by atoms with van der Waals surface area (Å²) in [6, 6.07) is 8.62. The van der Waals surface area contributed by atoms with E-state index in [-0.39, 0.29) is 11.7 Å². The SMILES string of the molecule is Cc1ccc(F)cc1NC(=O)c1ccc(C2CCCN2Cc2cnc[nH]2)s1. The number of aromatic nitrogens is 2. The summed E-state index contributed by atoms with van der Waals surface area (Å²) < 4.78 is 13.4. The van der Waals surface area contributed by atoms with Crippen molar-refractivity contribution >= 4 is 22.9 Å². The lowest BCUT2D eigenvalue weighted by Gasteiger charge is -2.22. The zero-order valence-electron chi connectivity index (χ0n) is 15.0. The Labute approximate surface area is 161 Å². The second-order valence-electron chi connectivity index (χ2n) is 6.82. The average Bonchev–Trinajstić information content (AvgIpc) is 3.39. The summed E-state index contributed by atoms with van der Waals surface area (Å²) in [4.78, 5) is 24.1. The highest BCUT2D eigenvalue weighted by Crippen LogP contribution is 2.36. The second-order valence-corrected chi connectivity index (χ2v) is 7.94. The number of thiophene rings is 1. The van der Waals surface area contributed by atoms with Crippen molar-refractivity contribution in [3.05, 3.63) is 69.7 Å². The number of H-pyrrole nitrogens is 1. The van der Waals surface area contributed by atoms with Crippen LogP contribution >= 0.6 is 11.3 Å². The third-order valence-corrected chi connectivity index (χ3v) is 6.10. The second kappa shape index (κ2) is 7.62. The Bertz CT molecular complexity index is 937. The topological polar surface area (TPSA) is 61.0 Å². The van der Waals surface area contributed by atoms with Gasteiger partial charge in [-0.2, -0.15) is 0 Å². The average molecular weight is 384 g/mol. The molecule has 140 valence electrons. The number of hydrogen-bond acceptors (Lipinski definition) is 4. The summed E-state index contributed by atoms with van der Waals surface area (Å²) in [7, 11) is 0. The molecule has 7 heteroatoms. The van der Waals surface area contributed by atoms with Crippen LogP contribution in [0, 0.1) is 12.7 Å². The number of nitrogens with zero attached hydrogens (tertiary/aromatic N) is 2. The van der Waals surface area contributed by atoms with Crippen LogP contribution in [-0.2, 0) is 6.54 Å². The van der Waals surface area contributed by atoms with Gasteiger partial charge >= 0.3 is 0 Å². The molecular formula is C20H21FN4OS. The van der Waals surface area contributed by atoms with Crippen LogP contribution in [0.4, 0.5) is 10.1 Å². The van der Waals surface area contributed by atoms with Crippen LogP contribution in [0.3, 0.4) is 0 Å². The maximum atomic E-state index is 13.4. The fourth-order valence-corrected chi connectivity index (χ4v) is 4.57. The van der Waals surface area contributed by atoms with Crippen molar-refractivity contribution < 1.29 is 9.18 Å². The molecule has 3 heterocycles. The molecule has 3 aromatic rings. The molecule has 1 aliphatic rings. The normalized spacial score (nSPS) is 17.3. The van der Waals surface area contributed by atoms with Crippen molar-refractivity contribution in [2.24, 2.45) is 0 Å². The van der Waals surface area contributed by atoms with Crippen LogP contribution in [0.25, 0.3) is 0 Å². The molecule has 0 bridgehead atoms. The number of amides is 1. The van der Waals surface area contributed by atoms with E-state index >= 15 is 0 Å². The molecule has 1 atom stereocenters. The van der Waals surface area contributed by atoms with Gasteiger partial charge in [0.1, 0.15) is 5.82 Å². The van der Waals surface area contributed by atoms with Gasteiger partial charge in [-0.15, -0.1) is 11.3 Å². The summed E-state index contributed by atoms with van der Waals surface area (Å²) >= 11 is 1.51. The van der Waals surface area contributed by atoms with Gasteiger partial charge in [0.25, 0.3) is 5.91 Å². The third-order valence-electron chi connectivity index (χ3n) is 4.92. The predicted molar refractivity (Wildman–Crippen MR) is 104 cm³/mol. The van der Waals surface area contributed by atoms with Gasteiger partial charge in [0.15, 0.2) is 0 Å². The van der Waals surface area contributed by atoms with E-state index in [0.29, 0.717) is 16.6 Å². The van der Waals surface area contributed by atoms with Crippen molar-refractivity contribution in [1.29, 1.82) is 0 Å². The Hall–Kier alpha value is -2.51. The summed E-state index contributed by atoms with van der Waals surface area (Å²) in [5.74, 6) is -0.554. The highest BCUT2D eigenvalue weighted by Gasteiger charge is 2.28. The van der Waals surface area contributed by atoms with Crippen LogP contribution in [0.15, 0.2) is 42.9 Å². The fourth-order valence-electron chi connectivity index (χ4n) is 3.49. The largest absolute Gasteiger partial charge is 0.347 e. The number of carbonyl (C=O) groups is 1. The number of aryl methyl sites for hydroxylation is 1. The number of imidazole rings is 1. The zero-order valence-corrected chi connectivity index (χ0v) is 15.9. The minimum Gasteiger partial charge on any atom is -0.347 e. The molecule has 2 N–H and O–H groups in total. The Morgan fingerprint density at radius 1 is 1.41 bits per heavy atom. The number of likely N-dealkylation sites (tertiary alicyclic amines) is 1. The fraction of sp³-hybridized carbons (Fsp3) is 0.300. The predicted octanol–water partition coefficient (Wildman–Crippen LogP) is 4.51. The van der Waals surface area contributed by atoms with E-state index < -0.39 is 0 Å². The van der Waals surface area contributed by atoms with E-state index in [0.717, 1.165) is 37.2 Å². The van der Waals surface area contributed by atoms with Crippen molar-refractivity contribution in [2.45, 2.75) is 32.4 Å². The molecule has 0 radical (unpaired) electrons. The highest BCUT2D eigenvalue weighted by molar-refractivity contribution is 7.14. The molecule has 4 rings (SSSR count). The van der Waals surface area contributed by atoms with Crippen molar-refractivity contribution in [3.63, 3.8) is 0 Å². The van der Waals surface area contributed by atoms with Crippen LogP contribution in [0.5, 0.6) is 0 Å². The first-order chi connectivity index (χ1) is 13.1. The molecule has 27 heavy (non-hydrogen) atoms. The molecule has 2 aromatic heterocycles. The van der Waals surface area contributed by atoms with Crippen LogP contribution in [-0.4, -0.2) is 27.3 Å². The van der Waals surface area contributed by atoms with E-state index in [1.54, 1.807) is 12.4 Å². The Morgan fingerprint density at radius 3 is 3.11 bits per heavy atom. The smallest absolute Gasteiger partial charge is 0.265 e. The van der Waals surface area contributed by atoms with Gasteiger partial charge in [0.05, 0.1) is 11.2 Å². The number of carbonyl (C=O) groups excluding carboxylic acids is 1. The molecule has 0 aliphatic carbocycles. The van der Waals surface area contributed by atoms with E-state index in [9.17, 15) is 9.18 Å². The Morgan fingerprint density at radius 2 is 2.30 bits per heavy atom. The summed E-state index contributed by atoms with van der Waals surface area (Å²) in [6.45, 7) is 3.71. The molecule has 1 amide bonds. The number of hydrogen-bond donors (Lipinski definition) is 2. The molecule has 1 fully saturated rings. The lowest BCUT2D eigenvalue weighted by Crippen LogP contribution is -2.22. The maximum Gasteiger partial charge on any atom is 0.265 e. The van der Waals surface area contributed by atoms with Gasteiger partial charge in [-0.1, -0.05) is 6.07 Å². The lowest BCUT2D eigenvalue weighted by atomic mass is 10.2. The summed E-state index contributed by atoms with van der Waals surface area (Å²) in [6.07, 6.45) is 5.77. The van der Waals surface area contributed by atoms with E-state index in [2.05, 4.69) is 20.2 Å². The number of rotatable bonds is 5. The van der Waals surface area contributed by atoms with E-state index in [4.69, 9.17) is 0 Å². The number of anilines is 1. The highest BCUT2D eigenvalue weighted by atomic mass is 32.1. The number of halogens is 1. The first kappa shape index (κ1) is 17.9. The molecule has 1 aromatic carbocycles. The van der Waals surface area contributed by atoms with Gasteiger partial charge < -0.3 is 10.3 Å². The van der Waals surface area contributed by atoms with Gasteiger partial charge in [-0.3, -0.25) is 9.69 Å². The minimum atomic E-state index is -0.358. The Balaban J connectivity index is 1.47. The minimum absolute atomic E-state index is 0.196. The molecule has 1 saturated heterocycles. The van der Waals surface area contributed by atoms with Gasteiger partial charge in [-0.25, -0.2) is 9.37 Å². The quantitative estimate of drug-likeness (QED) is 0.680. The van der Waals surface area contributed by atoms with Crippen LogP contribution in [0.2, 0.25) is 0 Å². The molecule has 1 aliphatic heterocycles. The molecule has 0 spiro atoms. The molecule has 0 saturated carbocycles. The maximum absolute atomic E-state index is 13.4. The first-order valence-corrected chi connectivity index (χ1v) is 9.80.